The molecule has 4 N–H and O–H groups in total. The quantitative estimate of drug-likeness (QED) is 0.632. The lowest BCUT2D eigenvalue weighted by Crippen LogP contribution is -2.47. The molecule has 10 nitrogen and oxygen atoms in total. The molecule has 12 heteroatoms. The SMILES string of the molecule is Cc1ccc(S(=O)(=O)/N=c2\o[n-][n+](C(C)C)c2C2C(C#N)=C(N)SC(N)=C2C#N)cc1. The number of aromatic nitrogens is 2. The van der Waals surface area contributed by atoms with Gasteiger partial charge in [0.1, 0.15) is 12.0 Å². The highest BCUT2D eigenvalue weighted by Crippen LogP contribution is 2.41. The van der Waals surface area contributed by atoms with Gasteiger partial charge in [-0.25, -0.2) is 4.68 Å². The molecule has 0 amide bonds. The van der Waals surface area contributed by atoms with Gasteiger partial charge >= 0.3 is 0 Å². The topological polar surface area (TPSA) is 177 Å². The second-order valence-electron chi connectivity index (χ2n) is 7.00. The molecule has 0 fully saturated rings. The van der Waals surface area contributed by atoms with Crippen molar-refractivity contribution in [1.29, 1.82) is 10.5 Å². The normalized spacial score (nSPS) is 16.0. The summed E-state index contributed by atoms with van der Waals surface area (Å²) in [5.41, 5.74) is 12.7. The molecule has 160 valence electrons. The number of thioether (sulfide) groups is 1. The maximum atomic E-state index is 12.9. The van der Waals surface area contributed by atoms with Gasteiger partial charge in [0.15, 0.2) is 0 Å². The molecule has 0 spiro atoms. The summed E-state index contributed by atoms with van der Waals surface area (Å²) in [7, 11) is -4.17. The van der Waals surface area contributed by atoms with Gasteiger partial charge in [-0.15, -0.1) is 4.40 Å². The average molecular weight is 458 g/mol. The zero-order valence-corrected chi connectivity index (χ0v) is 18.5. The second kappa shape index (κ2) is 8.34. The number of hydrogen-bond donors (Lipinski definition) is 2. The minimum absolute atomic E-state index is 0.0394. The monoisotopic (exact) mass is 457 g/mol. The van der Waals surface area contributed by atoms with Crippen LogP contribution in [0.3, 0.4) is 0 Å². The van der Waals surface area contributed by atoms with Crippen molar-refractivity contribution in [2.75, 3.05) is 0 Å². The molecule has 0 bridgehead atoms. The van der Waals surface area contributed by atoms with Crippen molar-refractivity contribution in [3.05, 3.63) is 62.3 Å². The summed E-state index contributed by atoms with van der Waals surface area (Å²) in [6.07, 6.45) is 0. The molecule has 0 unspecified atom stereocenters. The molecule has 0 aliphatic carbocycles. The number of rotatable bonds is 4. The van der Waals surface area contributed by atoms with Crippen LogP contribution in [0.4, 0.5) is 0 Å². The van der Waals surface area contributed by atoms with E-state index in [1.807, 2.05) is 19.1 Å². The number of hydrogen-bond acceptors (Lipinski definition) is 8. The number of allylic oxidation sites excluding steroid dienone is 2. The number of sulfonamides is 1. The minimum Gasteiger partial charge on any atom is -0.486 e. The first kappa shape index (κ1) is 22.2. The molecule has 1 aliphatic rings. The van der Waals surface area contributed by atoms with Gasteiger partial charge in [0.25, 0.3) is 21.3 Å². The van der Waals surface area contributed by atoms with Crippen LogP contribution in [0.1, 0.15) is 37.1 Å². The third kappa shape index (κ3) is 4.08. The molecule has 1 aromatic carbocycles. The average Bonchev–Trinajstić information content (AvgIpc) is 3.10. The van der Waals surface area contributed by atoms with Crippen LogP contribution in [0, 0.1) is 29.6 Å². The van der Waals surface area contributed by atoms with Crippen molar-refractivity contribution < 1.29 is 17.6 Å². The fourth-order valence-corrected chi connectivity index (χ4v) is 4.72. The smallest absolute Gasteiger partial charge is 0.288 e. The second-order valence-corrected chi connectivity index (χ2v) is 9.68. The lowest BCUT2D eigenvalue weighted by molar-refractivity contribution is -0.790. The Morgan fingerprint density at radius 3 is 2.19 bits per heavy atom. The summed E-state index contributed by atoms with van der Waals surface area (Å²) >= 11 is 0.900. The Balaban J connectivity index is 2.34. The van der Waals surface area contributed by atoms with Crippen LogP contribution < -0.4 is 27.0 Å². The summed E-state index contributed by atoms with van der Waals surface area (Å²) < 4.78 is 36.2. The maximum Gasteiger partial charge on any atom is 0.288 e. The predicted octanol–water partition coefficient (Wildman–Crippen LogP) is 0.921. The van der Waals surface area contributed by atoms with Crippen LogP contribution in [0.25, 0.3) is 0 Å². The van der Waals surface area contributed by atoms with Gasteiger partial charge in [0.2, 0.25) is 0 Å². The molecule has 0 radical (unpaired) electrons. The van der Waals surface area contributed by atoms with Crippen LogP contribution in [0.2, 0.25) is 0 Å². The molecule has 0 saturated heterocycles. The summed E-state index contributed by atoms with van der Waals surface area (Å²) in [6, 6.07) is 9.81. The molecule has 1 aromatic heterocycles. The van der Waals surface area contributed by atoms with Gasteiger partial charge in [-0.2, -0.15) is 18.9 Å². The van der Waals surface area contributed by atoms with Crippen molar-refractivity contribution in [1.82, 2.24) is 5.27 Å². The van der Waals surface area contributed by atoms with E-state index in [2.05, 4.69) is 9.67 Å². The Labute approximate surface area is 183 Å². The van der Waals surface area contributed by atoms with Gasteiger partial charge in [-0.3, -0.25) is 5.27 Å². The third-order valence-corrected chi connectivity index (χ3v) is 6.69. The fourth-order valence-electron chi connectivity index (χ4n) is 3.01. The van der Waals surface area contributed by atoms with E-state index >= 15 is 0 Å². The van der Waals surface area contributed by atoms with Crippen LogP contribution in [0.5, 0.6) is 0 Å². The fraction of sp³-hybridized carbons (Fsp3) is 0.263. The Morgan fingerprint density at radius 2 is 1.71 bits per heavy atom. The Kier molecular flexibility index (Phi) is 5.97. The van der Waals surface area contributed by atoms with E-state index in [0.717, 1.165) is 17.3 Å². The number of aryl methyl sites for hydroxylation is 1. The van der Waals surface area contributed by atoms with E-state index < -0.39 is 15.9 Å². The van der Waals surface area contributed by atoms with Gasteiger partial charge in [-0.05, 0) is 32.9 Å². The van der Waals surface area contributed by atoms with Gasteiger partial charge in [-0.1, -0.05) is 29.5 Å². The molecule has 3 rings (SSSR count). The van der Waals surface area contributed by atoms with E-state index in [1.54, 1.807) is 26.0 Å². The first-order valence-corrected chi connectivity index (χ1v) is 11.3. The lowest BCUT2D eigenvalue weighted by Gasteiger charge is -2.21. The van der Waals surface area contributed by atoms with Gasteiger partial charge < -0.3 is 16.0 Å². The highest BCUT2D eigenvalue weighted by atomic mass is 32.2. The molecule has 0 saturated carbocycles. The van der Waals surface area contributed by atoms with Crippen LogP contribution >= 0.6 is 11.8 Å². The number of nitrogens with zero attached hydrogens (tertiary/aromatic N) is 5. The standard InChI is InChI=1S/C19H19N7O3S2/c1-10(2)26-16(15-13(8-20)17(22)30-18(23)14(15)9-21)19(29-25-26)24-31(27,28)12-6-4-11(3)5-7-12/h4-7,10,15H,22-23H2,1-3H3/b24-19-. The Morgan fingerprint density at radius 1 is 1.16 bits per heavy atom. The third-order valence-electron chi connectivity index (χ3n) is 4.53. The van der Waals surface area contributed by atoms with E-state index in [1.165, 1.54) is 16.8 Å². The van der Waals surface area contributed by atoms with E-state index in [4.69, 9.17) is 16.0 Å². The molecule has 2 heterocycles. The molecule has 0 atom stereocenters. The molecule has 2 aromatic rings. The van der Waals surface area contributed by atoms with Gasteiger partial charge in [0, 0.05) is 0 Å². The zero-order chi connectivity index (χ0) is 22.9. The molecular formula is C19H19N7O3S2. The Hall–Kier alpha value is -3.48. The highest BCUT2D eigenvalue weighted by molar-refractivity contribution is 8.06. The first-order valence-electron chi connectivity index (χ1n) is 9.04. The zero-order valence-electron chi connectivity index (χ0n) is 16.9. The molecule has 31 heavy (non-hydrogen) atoms. The van der Waals surface area contributed by atoms with E-state index in [0.29, 0.717) is 0 Å². The van der Waals surface area contributed by atoms with Crippen LogP contribution in [-0.4, -0.2) is 8.42 Å². The van der Waals surface area contributed by atoms with Crippen LogP contribution in [0.15, 0.2) is 59.3 Å². The largest absolute Gasteiger partial charge is 0.486 e. The first-order chi connectivity index (χ1) is 14.6. The Bertz CT molecular complexity index is 1310. The summed E-state index contributed by atoms with van der Waals surface area (Å²) in [4.78, 5) is -0.0399. The lowest BCUT2D eigenvalue weighted by atomic mass is 9.89. The van der Waals surface area contributed by atoms with E-state index in [9.17, 15) is 18.9 Å². The maximum absolute atomic E-state index is 12.9. The number of nitriles is 2. The predicted molar refractivity (Wildman–Crippen MR) is 111 cm³/mol. The summed E-state index contributed by atoms with van der Waals surface area (Å²) in [6.45, 7) is 5.38. The summed E-state index contributed by atoms with van der Waals surface area (Å²) in [5.74, 6) is -1.07. The number of nitrogens with two attached hydrogens (primary N) is 2. The molecule has 1 aliphatic heterocycles. The van der Waals surface area contributed by atoms with E-state index in [-0.39, 0.29) is 43.4 Å². The van der Waals surface area contributed by atoms with Gasteiger partial charge in [0.05, 0.1) is 38.2 Å². The van der Waals surface area contributed by atoms with Crippen molar-refractivity contribution in [2.45, 2.75) is 37.6 Å². The van der Waals surface area contributed by atoms with Crippen molar-refractivity contribution >= 4 is 21.8 Å². The minimum atomic E-state index is -4.17. The van der Waals surface area contributed by atoms with Crippen molar-refractivity contribution in [2.24, 2.45) is 15.9 Å². The number of benzene rings is 1. The van der Waals surface area contributed by atoms with Crippen LogP contribution in [-0.2, 0) is 10.0 Å². The molecular weight excluding hydrogens is 438 g/mol. The highest BCUT2D eigenvalue weighted by Gasteiger charge is 2.39. The van der Waals surface area contributed by atoms with Crippen molar-refractivity contribution in [3.63, 3.8) is 0 Å². The van der Waals surface area contributed by atoms with Crippen molar-refractivity contribution in [3.8, 4) is 12.1 Å². The summed E-state index contributed by atoms with van der Waals surface area (Å²) in [5, 5.41) is 23.5.